The molecule has 0 saturated carbocycles. The molecule has 26 heavy (non-hydrogen) atoms. The van der Waals surface area contributed by atoms with Crippen LogP contribution in [-0.4, -0.2) is 34.8 Å². The van der Waals surface area contributed by atoms with Crippen molar-refractivity contribution in [3.05, 3.63) is 47.2 Å². The smallest absolute Gasteiger partial charge is 0.287 e. The average Bonchev–Trinajstić information content (AvgIpc) is 3.24. The maximum Gasteiger partial charge on any atom is 0.287 e. The quantitative estimate of drug-likeness (QED) is 0.644. The highest BCUT2D eigenvalue weighted by Crippen LogP contribution is 2.20. The predicted octanol–water partition coefficient (Wildman–Crippen LogP) is 3.69. The molecular weight excluding hydrogens is 370 g/mol. The molecule has 1 atom stereocenters. The molecule has 0 aliphatic rings. The minimum Gasteiger partial charge on any atom is -0.451 e. The lowest BCUT2D eigenvalue weighted by atomic mass is 10.2. The first-order valence-electron chi connectivity index (χ1n) is 8.08. The zero-order valence-corrected chi connectivity index (χ0v) is 16.1. The number of benzene rings is 1. The summed E-state index contributed by atoms with van der Waals surface area (Å²) in [5.41, 5.74) is 0.640. The van der Waals surface area contributed by atoms with Gasteiger partial charge in [-0.25, -0.2) is 4.98 Å². The Balaban J connectivity index is 1.72. The van der Waals surface area contributed by atoms with Crippen molar-refractivity contribution in [3.63, 3.8) is 0 Å². The van der Waals surface area contributed by atoms with Crippen LogP contribution >= 0.6 is 23.1 Å². The van der Waals surface area contributed by atoms with Crippen molar-refractivity contribution >= 4 is 51.0 Å². The molecule has 2 N–H and O–H groups in total. The number of furan rings is 1. The van der Waals surface area contributed by atoms with Gasteiger partial charge in [-0.05, 0) is 37.5 Å². The molecule has 1 aromatic carbocycles. The molecule has 0 unspecified atom stereocenters. The lowest BCUT2D eigenvalue weighted by Crippen LogP contribution is -2.44. The predicted molar refractivity (Wildman–Crippen MR) is 106 cm³/mol. The van der Waals surface area contributed by atoms with Gasteiger partial charge in [0.25, 0.3) is 5.91 Å². The van der Waals surface area contributed by atoms with Crippen molar-refractivity contribution in [2.45, 2.75) is 19.4 Å². The number of carbonyl (C=O) groups is 2. The Hall–Kier alpha value is -2.32. The summed E-state index contributed by atoms with van der Waals surface area (Å²) in [6.07, 6.45) is 4.17. The third kappa shape index (κ3) is 4.44. The molecule has 3 aromatic rings. The molecule has 6 nitrogen and oxygen atoms in total. The largest absolute Gasteiger partial charge is 0.451 e. The van der Waals surface area contributed by atoms with Crippen LogP contribution in [0.15, 0.2) is 40.9 Å². The van der Waals surface area contributed by atoms with E-state index in [1.165, 1.54) is 11.3 Å². The number of para-hydroxylation sites is 1. The fraction of sp³-hybridized carbons (Fsp3) is 0.278. The van der Waals surface area contributed by atoms with Crippen LogP contribution in [0.4, 0.5) is 5.13 Å². The summed E-state index contributed by atoms with van der Waals surface area (Å²) in [5, 5.41) is 6.92. The van der Waals surface area contributed by atoms with Crippen molar-refractivity contribution in [1.82, 2.24) is 10.3 Å². The van der Waals surface area contributed by atoms with Gasteiger partial charge in [0, 0.05) is 16.5 Å². The second-order valence-electron chi connectivity index (χ2n) is 5.72. The van der Waals surface area contributed by atoms with Crippen LogP contribution in [0.25, 0.3) is 11.0 Å². The van der Waals surface area contributed by atoms with E-state index in [-0.39, 0.29) is 11.7 Å². The number of aryl methyl sites for hydroxylation is 1. The Labute approximate surface area is 159 Å². The van der Waals surface area contributed by atoms with Gasteiger partial charge in [-0.15, -0.1) is 11.3 Å². The first-order valence-corrected chi connectivity index (χ1v) is 10.3. The van der Waals surface area contributed by atoms with E-state index < -0.39 is 11.9 Å². The highest BCUT2D eigenvalue weighted by molar-refractivity contribution is 7.98. The molecule has 0 saturated heterocycles. The topological polar surface area (TPSA) is 84.2 Å². The maximum atomic E-state index is 12.6. The number of rotatable bonds is 7. The van der Waals surface area contributed by atoms with Crippen LogP contribution in [0.2, 0.25) is 0 Å². The van der Waals surface area contributed by atoms with E-state index in [0.29, 0.717) is 17.1 Å². The van der Waals surface area contributed by atoms with E-state index in [1.807, 2.05) is 31.4 Å². The summed E-state index contributed by atoms with van der Waals surface area (Å²) in [6, 6.07) is 8.42. The number of thioether (sulfide) groups is 1. The van der Waals surface area contributed by atoms with Crippen molar-refractivity contribution in [2.24, 2.45) is 0 Å². The highest BCUT2D eigenvalue weighted by Gasteiger charge is 2.23. The van der Waals surface area contributed by atoms with Crippen LogP contribution in [0.5, 0.6) is 0 Å². The molecule has 0 bridgehead atoms. The van der Waals surface area contributed by atoms with Crippen LogP contribution in [-0.2, 0) is 4.79 Å². The number of hydrogen-bond donors (Lipinski definition) is 2. The number of nitrogens with one attached hydrogen (secondary N) is 2. The van der Waals surface area contributed by atoms with E-state index in [0.717, 1.165) is 16.0 Å². The summed E-state index contributed by atoms with van der Waals surface area (Å²) in [6.45, 7) is 1.92. The molecule has 0 aliphatic heterocycles. The summed E-state index contributed by atoms with van der Waals surface area (Å²) < 4.78 is 5.58. The van der Waals surface area contributed by atoms with Gasteiger partial charge in [-0.3, -0.25) is 9.59 Å². The Morgan fingerprint density at radius 2 is 2.15 bits per heavy atom. The third-order valence-electron chi connectivity index (χ3n) is 3.73. The van der Waals surface area contributed by atoms with Gasteiger partial charge in [0.05, 0.1) is 0 Å². The number of anilines is 1. The van der Waals surface area contributed by atoms with Gasteiger partial charge in [0.1, 0.15) is 11.6 Å². The number of amides is 2. The molecular formula is C18H19N3O3S2. The zero-order chi connectivity index (χ0) is 18.5. The molecule has 2 heterocycles. The second-order valence-corrected chi connectivity index (χ2v) is 7.94. The lowest BCUT2D eigenvalue weighted by molar-refractivity contribution is -0.118. The molecule has 2 aromatic heterocycles. The van der Waals surface area contributed by atoms with Crippen LogP contribution in [0.1, 0.15) is 21.9 Å². The van der Waals surface area contributed by atoms with Gasteiger partial charge in [0.15, 0.2) is 10.9 Å². The summed E-state index contributed by atoms with van der Waals surface area (Å²) in [4.78, 5) is 30.3. The minimum absolute atomic E-state index is 0.193. The number of thiazole rings is 1. The van der Waals surface area contributed by atoms with Crippen molar-refractivity contribution in [2.75, 3.05) is 17.3 Å². The van der Waals surface area contributed by atoms with Gasteiger partial charge < -0.3 is 15.1 Å². The second kappa shape index (κ2) is 8.37. The summed E-state index contributed by atoms with van der Waals surface area (Å²) >= 11 is 3.01. The van der Waals surface area contributed by atoms with Crippen molar-refractivity contribution in [1.29, 1.82) is 0 Å². The molecule has 0 spiro atoms. The first-order chi connectivity index (χ1) is 12.6. The molecule has 2 amide bonds. The molecule has 136 valence electrons. The van der Waals surface area contributed by atoms with E-state index in [2.05, 4.69) is 15.6 Å². The van der Waals surface area contributed by atoms with E-state index in [4.69, 9.17) is 4.42 Å². The van der Waals surface area contributed by atoms with Gasteiger partial charge in [-0.1, -0.05) is 18.2 Å². The third-order valence-corrected chi connectivity index (χ3v) is 5.21. The SMILES string of the molecule is CSCC[C@@H](NC(=O)c1cc2ccccc2o1)C(=O)Nc1ncc(C)s1. The number of nitrogens with zero attached hydrogens (tertiary/aromatic N) is 1. The fourth-order valence-electron chi connectivity index (χ4n) is 2.43. The standard InChI is InChI=1S/C18H19N3O3S2/c1-11-10-19-18(26-11)21-16(22)13(7-8-25-2)20-17(23)15-9-12-5-3-4-6-14(12)24-15/h3-6,9-10,13H,7-8H2,1-2H3,(H,20,23)(H,19,21,22)/t13-/m1/s1. The first kappa shape index (κ1) is 18.5. The summed E-state index contributed by atoms with van der Waals surface area (Å²) in [7, 11) is 0. The van der Waals surface area contributed by atoms with Crippen LogP contribution in [0.3, 0.4) is 0 Å². The number of fused-ring (bicyclic) bond motifs is 1. The molecule has 3 rings (SSSR count). The minimum atomic E-state index is -0.660. The number of carbonyl (C=O) groups excluding carboxylic acids is 2. The normalized spacial score (nSPS) is 12.1. The van der Waals surface area contributed by atoms with E-state index >= 15 is 0 Å². The maximum absolute atomic E-state index is 12.6. The monoisotopic (exact) mass is 389 g/mol. The number of hydrogen-bond acceptors (Lipinski definition) is 6. The molecule has 0 fully saturated rings. The van der Waals surface area contributed by atoms with Gasteiger partial charge in [-0.2, -0.15) is 11.8 Å². The van der Waals surface area contributed by atoms with E-state index in [9.17, 15) is 9.59 Å². The van der Waals surface area contributed by atoms with E-state index in [1.54, 1.807) is 30.1 Å². The van der Waals surface area contributed by atoms with Crippen LogP contribution in [0, 0.1) is 6.92 Å². The molecule has 8 heteroatoms. The fourth-order valence-corrected chi connectivity index (χ4v) is 3.57. The molecule has 0 radical (unpaired) electrons. The Morgan fingerprint density at radius 3 is 2.85 bits per heavy atom. The van der Waals surface area contributed by atoms with Crippen molar-refractivity contribution < 1.29 is 14.0 Å². The average molecular weight is 390 g/mol. The van der Waals surface area contributed by atoms with Gasteiger partial charge >= 0.3 is 0 Å². The Morgan fingerprint density at radius 1 is 1.35 bits per heavy atom. The molecule has 0 aliphatic carbocycles. The highest BCUT2D eigenvalue weighted by atomic mass is 32.2. The lowest BCUT2D eigenvalue weighted by Gasteiger charge is -2.16. The van der Waals surface area contributed by atoms with Crippen molar-refractivity contribution in [3.8, 4) is 0 Å². The Bertz CT molecular complexity index is 886. The van der Waals surface area contributed by atoms with Crippen LogP contribution < -0.4 is 10.6 Å². The number of aromatic nitrogens is 1. The summed E-state index contributed by atoms with van der Waals surface area (Å²) in [5.74, 6) is 0.254. The zero-order valence-electron chi connectivity index (χ0n) is 14.4. The van der Waals surface area contributed by atoms with Gasteiger partial charge in [0.2, 0.25) is 5.91 Å². The Kier molecular flexibility index (Phi) is 5.95.